The van der Waals surface area contributed by atoms with Crippen molar-refractivity contribution in [2.45, 2.75) is 57.6 Å². The lowest BCUT2D eigenvalue weighted by molar-refractivity contribution is -0.153. The van der Waals surface area contributed by atoms with Gasteiger partial charge in [-0.3, -0.25) is 0 Å². The van der Waals surface area contributed by atoms with Crippen LogP contribution in [0, 0.1) is 0 Å². The van der Waals surface area contributed by atoms with Gasteiger partial charge in [0.25, 0.3) is 0 Å². The van der Waals surface area contributed by atoms with Crippen molar-refractivity contribution >= 4 is 8.32 Å². The first-order valence-electron chi connectivity index (χ1n) is 8.43. The van der Waals surface area contributed by atoms with E-state index in [1.165, 1.54) is 0 Å². The van der Waals surface area contributed by atoms with Crippen molar-refractivity contribution in [3.05, 3.63) is 29.3 Å². The van der Waals surface area contributed by atoms with Crippen LogP contribution in [0.3, 0.4) is 0 Å². The van der Waals surface area contributed by atoms with Crippen LogP contribution in [-0.4, -0.2) is 34.3 Å². The Morgan fingerprint density at radius 1 is 1.16 bits per heavy atom. The van der Waals surface area contributed by atoms with Crippen molar-refractivity contribution in [3.8, 4) is 5.75 Å². The summed E-state index contributed by atoms with van der Waals surface area (Å²) in [6.45, 7) is 10.7. The van der Waals surface area contributed by atoms with Crippen LogP contribution in [-0.2, 0) is 15.8 Å². The number of hydrogen-bond acceptors (Lipinski definition) is 3. The van der Waals surface area contributed by atoms with Gasteiger partial charge in [0.2, 0.25) is 0 Å². The molecule has 1 aromatic carbocycles. The Kier molecular flexibility index (Phi) is 5.91. The van der Waals surface area contributed by atoms with Crippen molar-refractivity contribution in [3.63, 3.8) is 0 Å². The Bertz CT molecular complexity index is 590. The van der Waals surface area contributed by atoms with Gasteiger partial charge in [-0.15, -0.1) is 0 Å². The Hall–Kier alpha value is -1.05. The monoisotopic (exact) mass is 376 g/mol. The van der Waals surface area contributed by atoms with Crippen LogP contribution in [0.2, 0.25) is 18.1 Å². The van der Waals surface area contributed by atoms with E-state index in [0.717, 1.165) is 5.56 Å². The third kappa shape index (κ3) is 5.46. The second-order valence-corrected chi connectivity index (χ2v) is 12.9. The third-order valence-corrected chi connectivity index (χ3v) is 9.47. The van der Waals surface area contributed by atoms with Crippen LogP contribution < -0.4 is 4.74 Å². The zero-order chi connectivity index (χ0) is 18.9. The zero-order valence-electron chi connectivity index (χ0n) is 15.5. The summed E-state index contributed by atoms with van der Waals surface area (Å²) in [7, 11) is -2.00. The van der Waals surface area contributed by atoms with E-state index in [1.807, 2.05) is 12.1 Å². The van der Waals surface area contributed by atoms with Crippen LogP contribution in [0.15, 0.2) is 18.2 Å². The van der Waals surface area contributed by atoms with Crippen molar-refractivity contribution in [1.82, 2.24) is 0 Å². The molecule has 1 aliphatic heterocycles. The van der Waals surface area contributed by atoms with Gasteiger partial charge in [-0.2, -0.15) is 13.2 Å². The van der Waals surface area contributed by atoms with Gasteiger partial charge in [-0.1, -0.05) is 32.9 Å². The summed E-state index contributed by atoms with van der Waals surface area (Å²) in [5.41, 5.74) is 1.59. The van der Waals surface area contributed by atoms with Crippen LogP contribution in [0.25, 0.3) is 0 Å². The summed E-state index contributed by atoms with van der Waals surface area (Å²) < 4.78 is 54.1. The molecule has 0 amide bonds. The Balaban J connectivity index is 2.17. The van der Waals surface area contributed by atoms with Crippen LogP contribution in [0.4, 0.5) is 13.2 Å². The number of ether oxygens (including phenoxy) is 2. The summed E-state index contributed by atoms with van der Waals surface area (Å²) in [5.74, 6) is 0.476. The summed E-state index contributed by atoms with van der Waals surface area (Å²) in [4.78, 5) is 0. The predicted molar refractivity (Wildman–Crippen MR) is 93.5 cm³/mol. The molecule has 3 nitrogen and oxygen atoms in total. The highest BCUT2D eigenvalue weighted by Gasteiger charge is 2.37. The zero-order valence-corrected chi connectivity index (χ0v) is 16.5. The topological polar surface area (TPSA) is 27.7 Å². The molecule has 1 aliphatic rings. The number of benzene rings is 1. The Morgan fingerprint density at radius 3 is 2.28 bits per heavy atom. The molecule has 0 bridgehead atoms. The maximum atomic E-state index is 12.6. The van der Waals surface area contributed by atoms with Gasteiger partial charge in [0.15, 0.2) is 14.9 Å². The lowest BCUT2D eigenvalue weighted by Gasteiger charge is -2.36. The fraction of sp³-hybridized carbons (Fsp3) is 0.667. The standard InChI is InChI=1S/C18H27F3O3Si/c1-17(2,3)25(4,5)24-11-14-7-6-13(15-9-22-10-15)8-16(14)23-12-18(19,20)21/h6-8,15H,9-12H2,1-5H3. The smallest absolute Gasteiger partial charge is 0.422 e. The van der Waals surface area contributed by atoms with Crippen LogP contribution in [0.1, 0.15) is 37.8 Å². The van der Waals surface area contributed by atoms with E-state index in [9.17, 15) is 13.2 Å². The molecular weight excluding hydrogens is 349 g/mol. The number of halogens is 3. The van der Waals surface area contributed by atoms with Crippen LogP contribution >= 0.6 is 0 Å². The van der Waals surface area contributed by atoms with Gasteiger partial charge < -0.3 is 13.9 Å². The first kappa shape index (κ1) is 20.3. The van der Waals surface area contributed by atoms with Crippen molar-refractivity contribution < 1.29 is 27.1 Å². The second-order valence-electron chi connectivity index (χ2n) is 8.05. The maximum absolute atomic E-state index is 12.6. The molecule has 1 aromatic rings. The van der Waals surface area contributed by atoms with E-state index in [0.29, 0.717) is 18.8 Å². The van der Waals surface area contributed by atoms with Gasteiger partial charge in [-0.05, 0) is 29.8 Å². The molecule has 0 unspecified atom stereocenters. The molecule has 0 N–H and O–H groups in total. The minimum absolute atomic E-state index is 0.0310. The molecule has 0 atom stereocenters. The van der Waals surface area contributed by atoms with Gasteiger partial charge in [0.05, 0.1) is 19.8 Å². The molecule has 0 spiro atoms. The molecule has 25 heavy (non-hydrogen) atoms. The van der Waals surface area contributed by atoms with Crippen molar-refractivity contribution in [2.24, 2.45) is 0 Å². The summed E-state index contributed by atoms with van der Waals surface area (Å²) >= 11 is 0. The molecule has 142 valence electrons. The number of alkyl halides is 3. The normalized spacial score (nSPS) is 16.6. The van der Waals surface area contributed by atoms with Gasteiger partial charge in [0, 0.05) is 11.5 Å². The summed E-state index contributed by atoms with van der Waals surface area (Å²) in [6.07, 6.45) is -4.37. The fourth-order valence-corrected chi connectivity index (χ4v) is 3.09. The molecule has 1 heterocycles. The SMILES string of the molecule is CC(C)(C)[Si](C)(C)OCc1ccc(C2COC2)cc1OCC(F)(F)F. The Labute approximate surface area is 148 Å². The summed E-state index contributed by atoms with van der Waals surface area (Å²) in [5, 5.41) is 0.0310. The quantitative estimate of drug-likeness (QED) is 0.634. The third-order valence-electron chi connectivity index (χ3n) is 4.99. The van der Waals surface area contributed by atoms with Crippen molar-refractivity contribution in [2.75, 3.05) is 19.8 Å². The predicted octanol–water partition coefficient (Wildman–Crippen LogP) is 5.26. The molecule has 1 fully saturated rings. The molecule has 0 saturated carbocycles. The van der Waals surface area contributed by atoms with E-state index in [4.69, 9.17) is 13.9 Å². The molecule has 0 radical (unpaired) electrons. The fourth-order valence-electron chi connectivity index (χ4n) is 2.14. The van der Waals surface area contributed by atoms with E-state index >= 15 is 0 Å². The molecule has 7 heteroatoms. The summed E-state index contributed by atoms with van der Waals surface area (Å²) in [6, 6.07) is 5.44. The first-order chi connectivity index (χ1) is 11.4. The first-order valence-corrected chi connectivity index (χ1v) is 11.3. The van der Waals surface area contributed by atoms with E-state index in [2.05, 4.69) is 33.9 Å². The van der Waals surface area contributed by atoms with Crippen LogP contribution in [0.5, 0.6) is 5.75 Å². The number of rotatable bonds is 6. The molecule has 1 saturated heterocycles. The highest BCUT2D eigenvalue weighted by Crippen LogP contribution is 2.38. The molecule has 2 rings (SSSR count). The molecule has 0 aliphatic carbocycles. The van der Waals surface area contributed by atoms with Gasteiger partial charge in [0.1, 0.15) is 5.75 Å². The lowest BCUT2D eigenvalue weighted by Crippen LogP contribution is -2.40. The number of hydrogen-bond donors (Lipinski definition) is 0. The average molecular weight is 376 g/mol. The van der Waals surface area contributed by atoms with Gasteiger partial charge in [-0.25, -0.2) is 0 Å². The lowest BCUT2D eigenvalue weighted by atomic mass is 9.96. The average Bonchev–Trinajstić information content (AvgIpc) is 2.40. The molecular formula is C18H27F3O3Si. The highest BCUT2D eigenvalue weighted by molar-refractivity contribution is 6.74. The van der Waals surface area contributed by atoms with Gasteiger partial charge >= 0.3 is 6.18 Å². The van der Waals surface area contributed by atoms with E-state index in [1.54, 1.807) is 6.07 Å². The van der Waals surface area contributed by atoms with Crippen molar-refractivity contribution in [1.29, 1.82) is 0 Å². The van der Waals surface area contributed by atoms with E-state index in [-0.39, 0.29) is 23.3 Å². The maximum Gasteiger partial charge on any atom is 0.422 e. The van der Waals surface area contributed by atoms with E-state index < -0.39 is 21.1 Å². The minimum atomic E-state index is -4.37. The largest absolute Gasteiger partial charge is 0.484 e. The minimum Gasteiger partial charge on any atom is -0.484 e. The Morgan fingerprint density at radius 2 is 1.80 bits per heavy atom. The molecule has 0 aromatic heterocycles. The highest BCUT2D eigenvalue weighted by atomic mass is 28.4. The second kappa shape index (κ2) is 7.29.